The number of rotatable bonds is 7. The summed E-state index contributed by atoms with van der Waals surface area (Å²) >= 11 is 7.51. The number of halogens is 1. The average Bonchev–Trinajstić information content (AvgIpc) is 3.15. The monoisotopic (exact) mass is 471 g/mol. The van der Waals surface area contributed by atoms with E-state index in [1.54, 1.807) is 22.9 Å². The van der Waals surface area contributed by atoms with Crippen molar-refractivity contribution in [2.45, 2.75) is 30.8 Å². The number of amides is 2. The van der Waals surface area contributed by atoms with Crippen LogP contribution >= 0.6 is 23.4 Å². The summed E-state index contributed by atoms with van der Waals surface area (Å²) in [6.45, 7) is 2.33. The van der Waals surface area contributed by atoms with Crippen LogP contribution in [0.5, 0.6) is 5.75 Å². The minimum atomic E-state index is -0.565. The highest BCUT2D eigenvalue weighted by Gasteiger charge is 2.30. The normalized spacial score (nSPS) is 15.1. The Bertz CT molecular complexity index is 1150. The van der Waals surface area contributed by atoms with Gasteiger partial charge in [-0.1, -0.05) is 53.2 Å². The number of aromatic nitrogens is 3. The van der Waals surface area contributed by atoms with Crippen molar-refractivity contribution in [3.8, 4) is 5.75 Å². The number of methoxy groups -OCH3 is 1. The van der Waals surface area contributed by atoms with E-state index in [2.05, 4.69) is 45.0 Å². The molecule has 0 saturated heterocycles. The lowest BCUT2D eigenvalue weighted by atomic mass is 10.0. The van der Waals surface area contributed by atoms with Crippen LogP contribution in [0, 0.1) is 12.8 Å². The van der Waals surface area contributed by atoms with E-state index in [0.717, 1.165) is 5.75 Å². The number of hydrogen-bond acceptors (Lipinski definition) is 6. The molecule has 1 aliphatic rings. The second kappa shape index (κ2) is 9.62. The number of nitrogens with one attached hydrogen (secondary N) is 2. The first-order valence-electron chi connectivity index (χ1n) is 9.98. The highest BCUT2D eigenvalue weighted by molar-refractivity contribution is 7.98. The van der Waals surface area contributed by atoms with Crippen molar-refractivity contribution < 1.29 is 14.3 Å². The Balaban J connectivity index is 1.38. The van der Waals surface area contributed by atoms with E-state index in [-0.39, 0.29) is 24.8 Å². The number of nitrogens with zero attached hydrogens (tertiary/aromatic N) is 3. The van der Waals surface area contributed by atoms with Gasteiger partial charge in [0, 0.05) is 17.2 Å². The number of fused-ring (bicyclic) bond motifs is 1. The molecule has 2 heterocycles. The number of aryl methyl sites for hydroxylation is 1. The highest BCUT2D eigenvalue weighted by atomic mass is 35.5. The van der Waals surface area contributed by atoms with E-state index in [1.165, 1.54) is 30.0 Å². The molecule has 2 N–H and O–H groups in total. The second-order valence-corrected chi connectivity index (χ2v) is 8.84. The van der Waals surface area contributed by atoms with Crippen molar-refractivity contribution in [2.24, 2.45) is 5.92 Å². The summed E-state index contributed by atoms with van der Waals surface area (Å²) in [6.07, 6.45) is -0.00730. The van der Waals surface area contributed by atoms with E-state index >= 15 is 0 Å². The summed E-state index contributed by atoms with van der Waals surface area (Å²) in [7, 11) is 1.51. The molecule has 0 bridgehead atoms. The van der Waals surface area contributed by atoms with Gasteiger partial charge in [-0.2, -0.15) is 4.98 Å². The van der Waals surface area contributed by atoms with Gasteiger partial charge in [-0.05, 0) is 30.7 Å². The summed E-state index contributed by atoms with van der Waals surface area (Å²) < 4.78 is 6.88. The maximum Gasteiger partial charge on any atom is 0.232 e. The Morgan fingerprint density at radius 2 is 2.09 bits per heavy atom. The lowest BCUT2D eigenvalue weighted by molar-refractivity contribution is -0.126. The number of anilines is 2. The van der Waals surface area contributed by atoms with Crippen molar-refractivity contribution in [1.29, 1.82) is 0 Å². The smallest absolute Gasteiger partial charge is 0.232 e. The molecule has 1 atom stereocenters. The summed E-state index contributed by atoms with van der Waals surface area (Å²) in [6, 6.07) is 13.2. The topological polar surface area (TPSA) is 98.1 Å². The predicted molar refractivity (Wildman–Crippen MR) is 124 cm³/mol. The molecule has 1 aromatic heterocycles. The zero-order valence-electron chi connectivity index (χ0n) is 17.6. The van der Waals surface area contributed by atoms with Crippen LogP contribution < -0.4 is 15.4 Å². The maximum atomic E-state index is 12.6. The molecule has 1 unspecified atom stereocenters. The predicted octanol–water partition coefficient (Wildman–Crippen LogP) is 4.14. The lowest BCUT2D eigenvalue weighted by Gasteiger charge is -2.21. The summed E-state index contributed by atoms with van der Waals surface area (Å²) in [5.74, 6) is 0.477. The molecule has 166 valence electrons. The van der Waals surface area contributed by atoms with Gasteiger partial charge < -0.3 is 10.1 Å². The van der Waals surface area contributed by atoms with Gasteiger partial charge in [-0.25, -0.2) is 4.68 Å². The van der Waals surface area contributed by atoms with Gasteiger partial charge in [0.25, 0.3) is 0 Å². The van der Waals surface area contributed by atoms with Crippen molar-refractivity contribution in [3.63, 3.8) is 0 Å². The quantitative estimate of drug-likeness (QED) is 0.502. The van der Waals surface area contributed by atoms with Gasteiger partial charge in [0.2, 0.25) is 22.9 Å². The fraction of sp³-hybridized carbons (Fsp3) is 0.273. The maximum absolute atomic E-state index is 12.6. The van der Waals surface area contributed by atoms with Crippen molar-refractivity contribution in [3.05, 3.63) is 58.6 Å². The van der Waals surface area contributed by atoms with E-state index in [1.807, 2.05) is 6.92 Å². The van der Waals surface area contributed by atoms with E-state index in [4.69, 9.17) is 16.3 Å². The summed E-state index contributed by atoms with van der Waals surface area (Å²) in [5, 5.41) is 11.0. The first-order valence-corrected chi connectivity index (χ1v) is 11.3. The third-order valence-electron chi connectivity index (χ3n) is 5.01. The van der Waals surface area contributed by atoms with Crippen LogP contribution in [0.15, 0.2) is 47.6 Å². The fourth-order valence-corrected chi connectivity index (χ4v) is 4.27. The van der Waals surface area contributed by atoms with Crippen LogP contribution in [0.25, 0.3) is 0 Å². The average molecular weight is 472 g/mol. The molecule has 0 radical (unpaired) electrons. The Morgan fingerprint density at radius 3 is 2.84 bits per heavy atom. The van der Waals surface area contributed by atoms with Crippen LogP contribution in [-0.2, 0) is 21.9 Å². The van der Waals surface area contributed by atoms with Gasteiger partial charge >= 0.3 is 0 Å². The second-order valence-electron chi connectivity index (χ2n) is 7.46. The zero-order chi connectivity index (χ0) is 22.7. The molecule has 4 rings (SSSR count). The van der Waals surface area contributed by atoms with Gasteiger partial charge in [-0.15, -0.1) is 5.10 Å². The third kappa shape index (κ3) is 5.23. The number of carbonyl (C=O) groups is 2. The molecule has 0 aliphatic carbocycles. The standard InChI is InChI=1S/C22H22ClN5O3S/c1-13-3-5-14(6-4-13)12-32-22-26-21-25-20(30)15(11-28(21)27-22)9-19(29)24-17-10-16(23)7-8-18(17)31-2/h3-8,10,15H,9,11-12H2,1-2H3,(H,24,29)(H,25,26,27,30). The number of ether oxygens (including phenoxy) is 1. The number of carbonyl (C=O) groups excluding carboxylic acids is 2. The SMILES string of the molecule is COc1ccc(Cl)cc1NC(=O)CC1Cn2nc(SCc3ccc(C)cc3)nc2NC1=O. The van der Waals surface area contributed by atoms with Crippen molar-refractivity contribution in [2.75, 3.05) is 17.7 Å². The van der Waals surface area contributed by atoms with Gasteiger partial charge in [0.05, 0.1) is 25.3 Å². The minimum Gasteiger partial charge on any atom is -0.495 e. The largest absolute Gasteiger partial charge is 0.495 e. The van der Waals surface area contributed by atoms with E-state index in [0.29, 0.717) is 27.6 Å². The fourth-order valence-electron chi connectivity index (χ4n) is 3.30. The first-order chi connectivity index (χ1) is 15.4. The number of hydrogen-bond donors (Lipinski definition) is 2. The lowest BCUT2D eigenvalue weighted by Crippen LogP contribution is -2.36. The molecule has 0 spiro atoms. The molecular formula is C22H22ClN5O3S. The van der Waals surface area contributed by atoms with Crippen LogP contribution in [0.3, 0.4) is 0 Å². The van der Waals surface area contributed by atoms with Crippen molar-refractivity contribution >= 4 is 46.8 Å². The zero-order valence-corrected chi connectivity index (χ0v) is 19.2. The Morgan fingerprint density at radius 1 is 1.31 bits per heavy atom. The van der Waals surface area contributed by atoms with Crippen LogP contribution in [-0.4, -0.2) is 33.7 Å². The Kier molecular flexibility index (Phi) is 6.66. The molecule has 1 aliphatic heterocycles. The Labute approximate surface area is 194 Å². The molecular weight excluding hydrogens is 450 g/mol. The van der Waals surface area contributed by atoms with Crippen molar-refractivity contribution in [1.82, 2.24) is 14.8 Å². The van der Waals surface area contributed by atoms with Crippen LogP contribution in [0.2, 0.25) is 5.02 Å². The molecule has 0 saturated carbocycles. The third-order valence-corrected chi connectivity index (χ3v) is 6.15. The minimum absolute atomic E-state index is 0.00730. The summed E-state index contributed by atoms with van der Waals surface area (Å²) in [4.78, 5) is 29.5. The molecule has 2 aromatic carbocycles. The van der Waals surface area contributed by atoms with Gasteiger partial charge in [0.15, 0.2) is 0 Å². The van der Waals surface area contributed by atoms with Crippen LogP contribution in [0.1, 0.15) is 17.5 Å². The van der Waals surface area contributed by atoms with E-state index in [9.17, 15) is 9.59 Å². The molecule has 8 nitrogen and oxygen atoms in total. The number of thioether (sulfide) groups is 1. The molecule has 2 amide bonds. The molecule has 0 fully saturated rings. The molecule has 10 heteroatoms. The van der Waals surface area contributed by atoms with Gasteiger partial charge in [0.1, 0.15) is 5.75 Å². The Hall–Kier alpha value is -3.04. The van der Waals surface area contributed by atoms with Gasteiger partial charge in [-0.3, -0.25) is 14.9 Å². The molecule has 3 aromatic rings. The van der Waals surface area contributed by atoms with E-state index < -0.39 is 5.92 Å². The molecule has 32 heavy (non-hydrogen) atoms. The first kappa shape index (κ1) is 22.2. The highest BCUT2D eigenvalue weighted by Crippen LogP contribution is 2.29. The van der Waals surface area contributed by atoms with Crippen LogP contribution in [0.4, 0.5) is 11.6 Å². The summed E-state index contributed by atoms with van der Waals surface area (Å²) in [5.41, 5.74) is 2.83. The number of benzene rings is 2.